The zero-order valence-corrected chi connectivity index (χ0v) is 8.24. The summed E-state index contributed by atoms with van der Waals surface area (Å²) in [6.07, 6.45) is 0. The van der Waals surface area contributed by atoms with Gasteiger partial charge in [-0.3, -0.25) is 0 Å². The van der Waals surface area contributed by atoms with E-state index in [-0.39, 0.29) is 0 Å². The Labute approximate surface area is 78.3 Å². The molecule has 0 saturated carbocycles. The van der Waals surface area contributed by atoms with E-state index in [9.17, 15) is 0 Å². The fourth-order valence-corrected chi connectivity index (χ4v) is 0.723. The second kappa shape index (κ2) is 6.49. The number of benzene rings is 1. The Morgan fingerprint density at radius 3 is 1.92 bits per heavy atom. The molecule has 0 aromatic heterocycles. The SMILES string of the molecule is C=C(C)c1ccccc1.O=[P+](O)O. The summed E-state index contributed by atoms with van der Waals surface area (Å²) in [4.78, 5) is 14.2. The Balaban J connectivity index is 0.000000310. The van der Waals surface area contributed by atoms with Crippen molar-refractivity contribution in [2.75, 3.05) is 0 Å². The summed E-state index contributed by atoms with van der Waals surface area (Å²) in [6.45, 7) is 5.83. The second-order valence-corrected chi connectivity index (χ2v) is 2.90. The topological polar surface area (TPSA) is 57.5 Å². The van der Waals surface area contributed by atoms with Gasteiger partial charge in [0.15, 0.2) is 0 Å². The molecule has 2 N–H and O–H groups in total. The van der Waals surface area contributed by atoms with Crippen LogP contribution in [-0.4, -0.2) is 9.79 Å². The Morgan fingerprint density at radius 1 is 1.31 bits per heavy atom. The van der Waals surface area contributed by atoms with Crippen LogP contribution in [0.5, 0.6) is 0 Å². The molecule has 0 bridgehead atoms. The van der Waals surface area contributed by atoms with Gasteiger partial charge in [-0.25, -0.2) is 0 Å². The van der Waals surface area contributed by atoms with E-state index in [0.29, 0.717) is 0 Å². The standard InChI is InChI=1S/C9H10.HO3P/c1-8(2)9-6-4-3-5-7-9;1-4(2)3/h3-7H,1H2,2H3;(H-,1,2,3)/p+1. The van der Waals surface area contributed by atoms with Crippen molar-refractivity contribution in [1.82, 2.24) is 0 Å². The molecule has 0 radical (unpaired) electrons. The van der Waals surface area contributed by atoms with Crippen molar-refractivity contribution in [2.24, 2.45) is 0 Å². The van der Waals surface area contributed by atoms with Gasteiger partial charge >= 0.3 is 8.25 Å². The Kier molecular flexibility index (Phi) is 5.98. The molecule has 13 heavy (non-hydrogen) atoms. The molecule has 0 heterocycles. The molecular weight excluding hydrogens is 187 g/mol. The Bertz CT molecular complexity index is 278. The molecule has 0 spiro atoms. The van der Waals surface area contributed by atoms with Gasteiger partial charge in [-0.05, 0) is 12.5 Å². The molecule has 4 heteroatoms. The van der Waals surface area contributed by atoms with E-state index in [0.717, 1.165) is 5.57 Å². The maximum absolute atomic E-state index is 8.70. The van der Waals surface area contributed by atoms with Crippen LogP contribution in [0.4, 0.5) is 0 Å². The van der Waals surface area contributed by atoms with Gasteiger partial charge in [-0.15, -0.1) is 9.79 Å². The lowest BCUT2D eigenvalue weighted by atomic mass is 10.1. The monoisotopic (exact) mass is 199 g/mol. The van der Waals surface area contributed by atoms with Gasteiger partial charge in [-0.1, -0.05) is 42.5 Å². The van der Waals surface area contributed by atoms with E-state index in [1.165, 1.54) is 5.56 Å². The average molecular weight is 199 g/mol. The summed E-state index contributed by atoms with van der Waals surface area (Å²) in [6, 6.07) is 10.2. The number of rotatable bonds is 1. The van der Waals surface area contributed by atoms with Gasteiger partial charge < -0.3 is 0 Å². The molecule has 0 atom stereocenters. The summed E-state index contributed by atoms with van der Waals surface area (Å²) < 4.78 is 8.70. The van der Waals surface area contributed by atoms with E-state index in [4.69, 9.17) is 14.4 Å². The van der Waals surface area contributed by atoms with E-state index >= 15 is 0 Å². The molecule has 3 nitrogen and oxygen atoms in total. The van der Waals surface area contributed by atoms with Crippen LogP contribution in [0, 0.1) is 0 Å². The highest BCUT2D eigenvalue weighted by Crippen LogP contribution is 2.08. The highest BCUT2D eigenvalue weighted by Gasteiger charge is 1.93. The third-order valence-electron chi connectivity index (χ3n) is 1.27. The molecule has 0 unspecified atom stereocenters. The quantitative estimate of drug-likeness (QED) is 0.682. The van der Waals surface area contributed by atoms with E-state index in [1.807, 2.05) is 25.1 Å². The van der Waals surface area contributed by atoms with Crippen LogP contribution in [0.2, 0.25) is 0 Å². The summed E-state index contributed by atoms with van der Waals surface area (Å²) in [5.74, 6) is 0. The molecule has 0 fully saturated rings. The Hall–Kier alpha value is -1.02. The third kappa shape index (κ3) is 7.34. The first-order chi connectivity index (χ1) is 6.04. The third-order valence-corrected chi connectivity index (χ3v) is 1.27. The average Bonchev–Trinajstić information content (AvgIpc) is 2.05. The first kappa shape index (κ1) is 12.0. The zero-order valence-electron chi connectivity index (χ0n) is 7.34. The van der Waals surface area contributed by atoms with Crippen LogP contribution < -0.4 is 0 Å². The molecule has 0 aliphatic carbocycles. The molecule has 70 valence electrons. The zero-order chi connectivity index (χ0) is 10.3. The smallest absolute Gasteiger partial charge is 0.134 e. The van der Waals surface area contributed by atoms with Crippen LogP contribution in [0.15, 0.2) is 36.9 Å². The van der Waals surface area contributed by atoms with Crippen LogP contribution in [-0.2, 0) is 4.57 Å². The second-order valence-electron chi connectivity index (χ2n) is 2.40. The van der Waals surface area contributed by atoms with Crippen molar-refractivity contribution >= 4 is 13.8 Å². The summed E-state index contributed by atoms with van der Waals surface area (Å²) in [5.41, 5.74) is 2.34. The molecule has 1 aromatic carbocycles. The predicted octanol–water partition coefficient (Wildman–Crippen LogP) is 2.35. The lowest BCUT2D eigenvalue weighted by Gasteiger charge is -1.94. The van der Waals surface area contributed by atoms with Crippen LogP contribution in [0.1, 0.15) is 12.5 Å². The molecule has 0 aliphatic rings. The van der Waals surface area contributed by atoms with Crippen LogP contribution in [0.25, 0.3) is 5.57 Å². The highest BCUT2D eigenvalue weighted by atomic mass is 31.1. The molecule has 1 aromatic rings. The normalized spacial score (nSPS) is 8.23. The predicted molar refractivity (Wildman–Crippen MR) is 53.2 cm³/mol. The minimum Gasteiger partial charge on any atom is -0.134 e. The van der Waals surface area contributed by atoms with Crippen molar-refractivity contribution in [1.29, 1.82) is 0 Å². The van der Waals surface area contributed by atoms with Crippen molar-refractivity contribution in [3.05, 3.63) is 42.5 Å². The van der Waals surface area contributed by atoms with Crippen molar-refractivity contribution in [3.8, 4) is 0 Å². The largest absolute Gasteiger partial charge is 0.692 e. The first-order valence-corrected chi connectivity index (χ1v) is 4.76. The van der Waals surface area contributed by atoms with Gasteiger partial charge in [0.05, 0.1) is 0 Å². The molecule has 1 rings (SSSR count). The lowest BCUT2D eigenvalue weighted by molar-refractivity contribution is 0.405. The fourth-order valence-electron chi connectivity index (χ4n) is 0.723. The minimum atomic E-state index is -2.87. The number of allylic oxidation sites excluding steroid dienone is 1. The van der Waals surface area contributed by atoms with Crippen LogP contribution in [0.3, 0.4) is 0 Å². The van der Waals surface area contributed by atoms with Gasteiger partial charge in [0.1, 0.15) is 0 Å². The highest BCUT2D eigenvalue weighted by molar-refractivity contribution is 7.30. The summed E-state index contributed by atoms with van der Waals surface area (Å²) in [7, 11) is -2.87. The van der Waals surface area contributed by atoms with E-state index < -0.39 is 8.25 Å². The number of hydrogen-bond donors (Lipinski definition) is 2. The van der Waals surface area contributed by atoms with Crippen molar-refractivity contribution in [3.63, 3.8) is 0 Å². The number of hydrogen-bond acceptors (Lipinski definition) is 1. The van der Waals surface area contributed by atoms with Gasteiger partial charge in [-0.2, -0.15) is 0 Å². The van der Waals surface area contributed by atoms with E-state index in [2.05, 4.69) is 18.7 Å². The molecule has 0 saturated heterocycles. The molecule has 0 amide bonds. The molecule has 0 aliphatic heterocycles. The fraction of sp³-hybridized carbons (Fsp3) is 0.111. The van der Waals surface area contributed by atoms with Crippen molar-refractivity contribution < 1.29 is 14.4 Å². The minimum absolute atomic E-state index is 1.12. The molecular formula is C9H12O3P+. The van der Waals surface area contributed by atoms with Crippen LogP contribution >= 0.6 is 8.25 Å². The van der Waals surface area contributed by atoms with Crippen molar-refractivity contribution in [2.45, 2.75) is 6.92 Å². The van der Waals surface area contributed by atoms with Gasteiger partial charge in [0.2, 0.25) is 0 Å². The maximum atomic E-state index is 8.70. The summed E-state index contributed by atoms with van der Waals surface area (Å²) >= 11 is 0. The first-order valence-electron chi connectivity index (χ1n) is 3.60. The maximum Gasteiger partial charge on any atom is 0.692 e. The van der Waals surface area contributed by atoms with Gasteiger partial charge in [0, 0.05) is 4.57 Å². The van der Waals surface area contributed by atoms with E-state index in [1.54, 1.807) is 0 Å². The Morgan fingerprint density at radius 2 is 1.69 bits per heavy atom. The summed E-state index contributed by atoms with van der Waals surface area (Å²) in [5, 5.41) is 0. The van der Waals surface area contributed by atoms with Gasteiger partial charge in [0.25, 0.3) is 0 Å². The lowest BCUT2D eigenvalue weighted by Crippen LogP contribution is -1.72.